The molecule has 174 valence electrons. The first-order valence-electron chi connectivity index (χ1n) is 12.5. The van der Waals surface area contributed by atoms with E-state index in [2.05, 4.69) is 11.9 Å². The molecule has 5 nitrogen and oxygen atoms in total. The van der Waals surface area contributed by atoms with Crippen molar-refractivity contribution in [3.05, 3.63) is 17.7 Å². The monoisotopic (exact) mass is 422 g/mol. The number of aliphatic carboxylic acids is 1. The van der Waals surface area contributed by atoms with Crippen molar-refractivity contribution in [2.24, 2.45) is 0 Å². The number of imidazole rings is 1. The Morgan fingerprint density at radius 1 is 0.867 bits per heavy atom. The van der Waals surface area contributed by atoms with Crippen molar-refractivity contribution >= 4 is 5.97 Å². The average molecular weight is 423 g/mol. The zero-order valence-corrected chi connectivity index (χ0v) is 19.6. The first-order chi connectivity index (χ1) is 14.5. The number of unbranched alkanes of at least 4 members (excludes halogenated alkanes) is 15. The molecule has 30 heavy (non-hydrogen) atoms. The molecule has 0 aliphatic carbocycles. The molecule has 1 rings (SSSR count). The molecule has 0 radical (unpaired) electrons. The topological polar surface area (TPSA) is 75.4 Å². The quantitative estimate of drug-likeness (QED) is 0.226. The van der Waals surface area contributed by atoms with Gasteiger partial charge in [-0.15, -0.1) is 0 Å². The Morgan fingerprint density at radius 2 is 1.30 bits per heavy atom. The van der Waals surface area contributed by atoms with Crippen molar-refractivity contribution in [2.75, 3.05) is 0 Å². The molecule has 0 saturated heterocycles. The van der Waals surface area contributed by atoms with Crippen LogP contribution in [0.1, 0.15) is 134 Å². The molecule has 0 amide bonds. The van der Waals surface area contributed by atoms with Gasteiger partial charge in [0.15, 0.2) is 0 Å². The summed E-state index contributed by atoms with van der Waals surface area (Å²) in [6, 6.07) is 0. The predicted molar refractivity (Wildman–Crippen MR) is 124 cm³/mol. The number of aliphatic hydroxyl groups is 1. The third-order valence-corrected chi connectivity index (χ3v) is 5.87. The first kappa shape index (κ1) is 26.7. The van der Waals surface area contributed by atoms with Crippen LogP contribution in [-0.4, -0.2) is 25.7 Å². The molecular weight excluding hydrogens is 376 g/mol. The van der Waals surface area contributed by atoms with E-state index in [4.69, 9.17) is 5.11 Å². The summed E-state index contributed by atoms with van der Waals surface area (Å²) >= 11 is 0. The molecule has 0 bridgehead atoms. The Hall–Kier alpha value is -1.36. The summed E-state index contributed by atoms with van der Waals surface area (Å²) in [6.07, 6.45) is 23.2. The highest BCUT2D eigenvalue weighted by Gasteiger charge is 2.13. The maximum absolute atomic E-state index is 11.0. The molecule has 2 N–H and O–H groups in total. The highest BCUT2D eigenvalue weighted by atomic mass is 16.4. The Kier molecular flexibility index (Phi) is 15.4. The molecule has 1 aromatic heterocycles. The molecule has 0 spiro atoms. The number of aryl methyl sites for hydroxylation is 1. The van der Waals surface area contributed by atoms with Crippen molar-refractivity contribution in [3.63, 3.8) is 0 Å². The molecule has 0 aromatic carbocycles. The lowest BCUT2D eigenvalue weighted by Crippen LogP contribution is -2.11. The molecule has 0 aliphatic heterocycles. The summed E-state index contributed by atoms with van der Waals surface area (Å²) in [7, 11) is 0. The van der Waals surface area contributed by atoms with Crippen LogP contribution in [0, 0.1) is 0 Å². The van der Waals surface area contributed by atoms with E-state index in [1.54, 1.807) is 17.7 Å². The lowest BCUT2D eigenvalue weighted by molar-refractivity contribution is -0.137. The molecule has 0 fully saturated rings. The molecule has 0 aliphatic rings. The lowest BCUT2D eigenvalue weighted by Gasteiger charge is -2.05. The van der Waals surface area contributed by atoms with Crippen molar-refractivity contribution in [1.82, 2.24) is 9.55 Å². The fraction of sp³-hybridized carbons (Fsp3) is 0.840. The zero-order valence-electron chi connectivity index (χ0n) is 19.6. The minimum atomic E-state index is -0.877. The van der Waals surface area contributed by atoms with Gasteiger partial charge in [-0.3, -0.25) is 4.79 Å². The molecule has 1 aromatic rings. The van der Waals surface area contributed by atoms with Crippen LogP contribution in [0.5, 0.6) is 0 Å². The van der Waals surface area contributed by atoms with Gasteiger partial charge in [0.1, 0.15) is 12.4 Å². The number of carbonyl (C=O) groups is 1. The highest BCUT2D eigenvalue weighted by Crippen LogP contribution is 2.16. The Bertz CT molecular complexity index is 555. The predicted octanol–water partition coefficient (Wildman–Crippen LogP) is 6.83. The number of nitrogens with zero attached hydrogens (tertiary/aromatic N) is 2. The summed E-state index contributed by atoms with van der Waals surface area (Å²) in [5, 5.41) is 18.7. The van der Waals surface area contributed by atoms with Gasteiger partial charge in [-0.1, -0.05) is 103 Å². The number of aromatic nitrogens is 2. The molecule has 1 heterocycles. The average Bonchev–Trinajstić information content (AvgIpc) is 3.10. The number of hydrogen-bond acceptors (Lipinski definition) is 3. The summed E-state index contributed by atoms with van der Waals surface area (Å²) in [4.78, 5) is 15.4. The maximum Gasteiger partial charge on any atom is 0.323 e. The van der Waals surface area contributed by atoms with Crippen molar-refractivity contribution in [2.45, 2.75) is 136 Å². The molecular formula is C25H46N2O3. The second-order valence-electron chi connectivity index (χ2n) is 8.83. The van der Waals surface area contributed by atoms with Crippen molar-refractivity contribution in [3.8, 4) is 0 Å². The summed E-state index contributed by atoms with van der Waals surface area (Å²) in [5.41, 5.74) is 0.558. The van der Waals surface area contributed by atoms with E-state index in [9.17, 15) is 9.90 Å². The minimum absolute atomic E-state index is 0.0894. The maximum atomic E-state index is 11.0. The third-order valence-electron chi connectivity index (χ3n) is 5.87. The number of aliphatic hydroxyl groups excluding tert-OH is 1. The van der Waals surface area contributed by atoms with Gasteiger partial charge in [-0.2, -0.15) is 0 Å². The van der Waals surface area contributed by atoms with Gasteiger partial charge in [0.05, 0.1) is 11.8 Å². The van der Waals surface area contributed by atoms with Crippen LogP contribution < -0.4 is 0 Å². The summed E-state index contributed by atoms with van der Waals surface area (Å²) in [5.74, 6) is -0.101. The van der Waals surface area contributed by atoms with Crippen LogP contribution in [-0.2, 0) is 17.8 Å². The van der Waals surface area contributed by atoms with Crippen LogP contribution in [0.2, 0.25) is 0 Å². The van der Waals surface area contributed by atoms with E-state index in [1.807, 2.05) is 0 Å². The van der Waals surface area contributed by atoms with Gasteiger partial charge >= 0.3 is 5.97 Å². The van der Waals surface area contributed by atoms with E-state index in [0.29, 0.717) is 5.69 Å². The second kappa shape index (κ2) is 17.3. The Morgan fingerprint density at radius 3 is 1.70 bits per heavy atom. The second-order valence-corrected chi connectivity index (χ2v) is 8.83. The Labute approximate surface area is 184 Å². The zero-order chi connectivity index (χ0) is 22.0. The number of carboxylic acids is 1. The van der Waals surface area contributed by atoms with E-state index in [0.717, 1.165) is 25.1 Å². The van der Waals surface area contributed by atoms with Crippen LogP contribution in [0.3, 0.4) is 0 Å². The van der Waals surface area contributed by atoms with Gasteiger partial charge in [-0.05, 0) is 13.3 Å². The van der Waals surface area contributed by atoms with E-state index >= 15 is 0 Å². The number of hydrogen-bond donors (Lipinski definition) is 2. The molecule has 1 unspecified atom stereocenters. The van der Waals surface area contributed by atoms with Crippen LogP contribution in [0.25, 0.3) is 0 Å². The SMILES string of the molecule is CCCCCCCCCCCCCCCCCCc1nc(C(C)O)cn1CC(=O)O. The van der Waals surface area contributed by atoms with Gasteiger partial charge in [-0.25, -0.2) is 4.98 Å². The van der Waals surface area contributed by atoms with E-state index < -0.39 is 12.1 Å². The normalized spacial score (nSPS) is 12.4. The van der Waals surface area contributed by atoms with Gasteiger partial charge < -0.3 is 14.8 Å². The fourth-order valence-electron chi connectivity index (χ4n) is 3.99. The van der Waals surface area contributed by atoms with Gasteiger partial charge in [0.2, 0.25) is 0 Å². The van der Waals surface area contributed by atoms with E-state index in [1.165, 1.54) is 89.9 Å². The van der Waals surface area contributed by atoms with Crippen LogP contribution in [0.4, 0.5) is 0 Å². The molecule has 1 atom stereocenters. The molecule has 0 saturated carbocycles. The fourth-order valence-corrected chi connectivity index (χ4v) is 3.99. The summed E-state index contributed by atoms with van der Waals surface area (Å²) < 4.78 is 1.66. The number of rotatable bonds is 20. The first-order valence-corrected chi connectivity index (χ1v) is 12.5. The van der Waals surface area contributed by atoms with Crippen molar-refractivity contribution < 1.29 is 15.0 Å². The van der Waals surface area contributed by atoms with Crippen LogP contribution >= 0.6 is 0 Å². The van der Waals surface area contributed by atoms with Crippen molar-refractivity contribution in [1.29, 1.82) is 0 Å². The standard InChI is InChI=1S/C25H46N2O3/c1-3-4-5-6-7-8-9-10-11-12-13-14-15-16-17-18-19-24-26-23(22(2)28)20-27(24)21-25(29)30/h20,22,28H,3-19,21H2,1-2H3,(H,29,30). The molecule has 5 heteroatoms. The lowest BCUT2D eigenvalue weighted by atomic mass is 10.0. The Balaban J connectivity index is 1.98. The largest absolute Gasteiger partial charge is 0.480 e. The third kappa shape index (κ3) is 13.0. The van der Waals surface area contributed by atoms with Gasteiger partial charge in [0.25, 0.3) is 0 Å². The van der Waals surface area contributed by atoms with Crippen LogP contribution in [0.15, 0.2) is 6.20 Å². The van der Waals surface area contributed by atoms with E-state index in [-0.39, 0.29) is 6.54 Å². The van der Waals surface area contributed by atoms with Gasteiger partial charge in [0, 0.05) is 12.6 Å². The smallest absolute Gasteiger partial charge is 0.323 e. The summed E-state index contributed by atoms with van der Waals surface area (Å²) in [6.45, 7) is 3.84. The number of carboxylic acid groups (broad SMARTS) is 1. The minimum Gasteiger partial charge on any atom is -0.480 e. The highest BCUT2D eigenvalue weighted by molar-refractivity contribution is 5.66.